The predicted molar refractivity (Wildman–Crippen MR) is 120 cm³/mol. The molecule has 1 aliphatic carbocycles. The van der Waals surface area contributed by atoms with Crippen molar-refractivity contribution in [3.8, 4) is 0 Å². The lowest BCUT2D eigenvalue weighted by molar-refractivity contribution is -0.116. The van der Waals surface area contributed by atoms with E-state index >= 15 is 0 Å². The Bertz CT molecular complexity index is 838. The SMILES string of the molecule is O=C(CCN1CCN(CC=Cc2ccccc2)CC1)Nc1ccc2c(c1)CCC2. The van der Waals surface area contributed by atoms with Gasteiger partial charge in [0.25, 0.3) is 0 Å². The van der Waals surface area contributed by atoms with Crippen LogP contribution in [0.15, 0.2) is 54.6 Å². The predicted octanol–water partition coefficient (Wildman–Crippen LogP) is 3.83. The number of amides is 1. The van der Waals surface area contributed by atoms with Crippen molar-refractivity contribution in [3.63, 3.8) is 0 Å². The summed E-state index contributed by atoms with van der Waals surface area (Å²) in [6.45, 7) is 6.01. The van der Waals surface area contributed by atoms with Gasteiger partial charge in [0.15, 0.2) is 0 Å². The molecular formula is C25H31N3O. The molecule has 152 valence electrons. The normalized spacial score (nSPS) is 17.5. The van der Waals surface area contributed by atoms with Crippen LogP contribution in [-0.4, -0.2) is 55.0 Å². The van der Waals surface area contributed by atoms with Crippen LogP contribution in [0.25, 0.3) is 6.08 Å². The van der Waals surface area contributed by atoms with Crippen molar-refractivity contribution in [1.29, 1.82) is 0 Å². The minimum atomic E-state index is 0.121. The van der Waals surface area contributed by atoms with Gasteiger partial charge in [0.05, 0.1) is 0 Å². The van der Waals surface area contributed by atoms with Crippen LogP contribution in [0.4, 0.5) is 5.69 Å². The number of carbonyl (C=O) groups is 1. The van der Waals surface area contributed by atoms with E-state index in [1.165, 1.54) is 29.5 Å². The summed E-state index contributed by atoms with van der Waals surface area (Å²) in [6.07, 6.45) is 8.55. The van der Waals surface area contributed by atoms with Crippen LogP contribution in [-0.2, 0) is 17.6 Å². The Balaban J connectivity index is 1.14. The second-order valence-electron chi connectivity index (χ2n) is 8.09. The van der Waals surface area contributed by atoms with Gasteiger partial charge in [-0.2, -0.15) is 0 Å². The smallest absolute Gasteiger partial charge is 0.225 e. The summed E-state index contributed by atoms with van der Waals surface area (Å²) in [6, 6.07) is 16.8. The highest BCUT2D eigenvalue weighted by molar-refractivity contribution is 5.91. The molecule has 0 bridgehead atoms. The second kappa shape index (κ2) is 9.86. The second-order valence-corrected chi connectivity index (χ2v) is 8.09. The molecule has 4 heteroatoms. The number of carbonyl (C=O) groups excluding carboxylic acids is 1. The van der Waals surface area contributed by atoms with Gasteiger partial charge in [-0.1, -0.05) is 48.6 Å². The molecule has 1 aliphatic heterocycles. The Morgan fingerprint density at radius 2 is 1.69 bits per heavy atom. The summed E-state index contributed by atoms with van der Waals surface area (Å²) in [7, 11) is 0. The summed E-state index contributed by atoms with van der Waals surface area (Å²) in [5, 5.41) is 3.08. The number of piperazine rings is 1. The number of rotatable bonds is 7. The first-order valence-electron chi connectivity index (χ1n) is 10.8. The maximum absolute atomic E-state index is 12.3. The maximum Gasteiger partial charge on any atom is 0.225 e. The van der Waals surface area contributed by atoms with Crippen molar-refractivity contribution in [2.24, 2.45) is 0 Å². The molecule has 1 amide bonds. The van der Waals surface area contributed by atoms with Gasteiger partial charge in [0, 0.05) is 51.4 Å². The summed E-state index contributed by atoms with van der Waals surface area (Å²) in [5.41, 5.74) is 5.05. The average molecular weight is 390 g/mol. The Labute approximate surface area is 174 Å². The molecule has 0 aromatic heterocycles. The van der Waals surface area contributed by atoms with Gasteiger partial charge >= 0.3 is 0 Å². The molecule has 0 atom stereocenters. The monoisotopic (exact) mass is 389 g/mol. The van der Waals surface area contributed by atoms with Crippen LogP contribution < -0.4 is 5.32 Å². The molecule has 2 aromatic carbocycles. The van der Waals surface area contributed by atoms with E-state index in [1.54, 1.807) is 0 Å². The molecule has 0 spiro atoms. The van der Waals surface area contributed by atoms with Crippen LogP contribution >= 0.6 is 0 Å². The molecule has 1 N–H and O–H groups in total. The highest BCUT2D eigenvalue weighted by Crippen LogP contribution is 2.24. The largest absolute Gasteiger partial charge is 0.326 e. The molecule has 2 aliphatic rings. The number of nitrogens with one attached hydrogen (secondary N) is 1. The average Bonchev–Trinajstić information content (AvgIpc) is 3.22. The number of hydrogen-bond donors (Lipinski definition) is 1. The van der Waals surface area contributed by atoms with Crippen LogP contribution in [0.3, 0.4) is 0 Å². The fourth-order valence-corrected chi connectivity index (χ4v) is 4.23. The number of anilines is 1. The van der Waals surface area contributed by atoms with Crippen molar-refractivity contribution >= 4 is 17.7 Å². The Hall–Kier alpha value is -2.43. The molecule has 1 saturated heterocycles. The molecule has 0 saturated carbocycles. The number of aryl methyl sites for hydroxylation is 2. The summed E-state index contributed by atoms with van der Waals surface area (Å²) < 4.78 is 0. The van der Waals surface area contributed by atoms with Crippen LogP contribution in [0, 0.1) is 0 Å². The van der Waals surface area contributed by atoms with Gasteiger partial charge in [0.2, 0.25) is 5.91 Å². The third-order valence-electron chi connectivity index (χ3n) is 5.98. The fourth-order valence-electron chi connectivity index (χ4n) is 4.23. The summed E-state index contributed by atoms with van der Waals surface area (Å²) in [5.74, 6) is 0.121. The first-order valence-corrected chi connectivity index (χ1v) is 10.8. The van der Waals surface area contributed by atoms with E-state index in [0.29, 0.717) is 6.42 Å². The van der Waals surface area contributed by atoms with E-state index in [-0.39, 0.29) is 5.91 Å². The van der Waals surface area contributed by atoms with Crippen LogP contribution in [0.1, 0.15) is 29.5 Å². The number of benzene rings is 2. The number of nitrogens with zero attached hydrogens (tertiary/aromatic N) is 2. The van der Waals surface area contributed by atoms with Crippen molar-refractivity contribution in [1.82, 2.24) is 9.80 Å². The van der Waals surface area contributed by atoms with Crippen molar-refractivity contribution in [2.45, 2.75) is 25.7 Å². The van der Waals surface area contributed by atoms with Gasteiger partial charge < -0.3 is 10.2 Å². The highest BCUT2D eigenvalue weighted by Gasteiger charge is 2.17. The molecular weight excluding hydrogens is 358 g/mol. The molecule has 4 rings (SSSR count). The minimum absolute atomic E-state index is 0.121. The van der Waals surface area contributed by atoms with Gasteiger partial charge in [-0.05, 0) is 48.1 Å². The molecule has 0 unspecified atom stereocenters. The lowest BCUT2D eigenvalue weighted by atomic mass is 10.1. The van der Waals surface area contributed by atoms with Crippen molar-refractivity contribution < 1.29 is 4.79 Å². The van der Waals surface area contributed by atoms with E-state index in [4.69, 9.17) is 0 Å². The molecule has 1 fully saturated rings. The van der Waals surface area contributed by atoms with Crippen molar-refractivity contribution in [3.05, 3.63) is 71.3 Å². The number of hydrogen-bond acceptors (Lipinski definition) is 3. The topological polar surface area (TPSA) is 35.6 Å². The molecule has 1 heterocycles. The van der Waals surface area contributed by atoms with E-state index in [9.17, 15) is 4.79 Å². The fraction of sp³-hybridized carbons (Fsp3) is 0.400. The van der Waals surface area contributed by atoms with E-state index in [0.717, 1.165) is 51.4 Å². The zero-order valence-corrected chi connectivity index (χ0v) is 17.1. The Morgan fingerprint density at radius 1 is 0.931 bits per heavy atom. The van der Waals surface area contributed by atoms with Crippen LogP contribution in [0.5, 0.6) is 0 Å². The van der Waals surface area contributed by atoms with Gasteiger partial charge in [-0.25, -0.2) is 0 Å². The third kappa shape index (κ3) is 5.78. The standard InChI is InChI=1S/C25H31N3O/c29-25(26-24-12-11-22-9-4-10-23(22)20-24)13-15-28-18-16-27(17-19-28)14-5-8-21-6-2-1-3-7-21/h1-3,5-8,11-12,20H,4,9-10,13-19H2,(H,26,29). The summed E-state index contributed by atoms with van der Waals surface area (Å²) >= 11 is 0. The van der Waals surface area contributed by atoms with Crippen molar-refractivity contribution in [2.75, 3.05) is 44.6 Å². The Morgan fingerprint density at radius 3 is 2.52 bits per heavy atom. The molecule has 2 aromatic rings. The van der Waals surface area contributed by atoms with E-state index < -0.39 is 0 Å². The molecule has 0 radical (unpaired) electrons. The van der Waals surface area contributed by atoms with E-state index in [1.807, 2.05) is 12.1 Å². The van der Waals surface area contributed by atoms with Gasteiger partial charge in [-0.3, -0.25) is 9.69 Å². The van der Waals surface area contributed by atoms with Gasteiger partial charge in [-0.15, -0.1) is 0 Å². The first kappa shape index (κ1) is 19.9. The lowest BCUT2D eigenvalue weighted by Gasteiger charge is -2.34. The molecule has 4 nitrogen and oxygen atoms in total. The Kier molecular flexibility index (Phi) is 6.75. The number of fused-ring (bicyclic) bond motifs is 1. The van der Waals surface area contributed by atoms with Gasteiger partial charge in [0.1, 0.15) is 0 Å². The third-order valence-corrected chi connectivity index (χ3v) is 5.98. The molecule has 29 heavy (non-hydrogen) atoms. The van der Waals surface area contributed by atoms with E-state index in [2.05, 4.69) is 63.7 Å². The zero-order valence-electron chi connectivity index (χ0n) is 17.1. The maximum atomic E-state index is 12.3. The quantitative estimate of drug-likeness (QED) is 0.782. The van der Waals surface area contributed by atoms with Crippen LogP contribution in [0.2, 0.25) is 0 Å². The zero-order chi connectivity index (χ0) is 19.9. The first-order chi connectivity index (χ1) is 14.3. The summed E-state index contributed by atoms with van der Waals surface area (Å²) in [4.78, 5) is 17.2. The minimum Gasteiger partial charge on any atom is -0.326 e. The lowest BCUT2D eigenvalue weighted by Crippen LogP contribution is -2.46. The highest BCUT2D eigenvalue weighted by atomic mass is 16.1.